The van der Waals surface area contributed by atoms with E-state index in [4.69, 9.17) is 0 Å². The highest BCUT2D eigenvalue weighted by Crippen LogP contribution is 2.29. The molecular formula is C21H17N5O2. The number of nitrogens with one attached hydrogen (secondary N) is 1. The van der Waals surface area contributed by atoms with E-state index in [1.807, 2.05) is 30.3 Å². The Labute approximate surface area is 161 Å². The van der Waals surface area contributed by atoms with Gasteiger partial charge in [0.05, 0.1) is 17.3 Å². The molecule has 0 saturated heterocycles. The minimum atomic E-state index is -0.218. The molecule has 2 N–H and O–H groups in total. The maximum Gasteiger partial charge on any atom is 0.253 e. The average Bonchev–Trinajstić information content (AvgIpc) is 3.15. The quantitative estimate of drug-likeness (QED) is 0.563. The average molecular weight is 371 g/mol. The molecule has 0 aliphatic heterocycles. The summed E-state index contributed by atoms with van der Waals surface area (Å²) in [4.78, 5) is 20.5. The third-order valence-electron chi connectivity index (χ3n) is 4.26. The van der Waals surface area contributed by atoms with Crippen LogP contribution in [-0.2, 0) is 6.54 Å². The van der Waals surface area contributed by atoms with Crippen LogP contribution in [0.15, 0.2) is 79.4 Å². The molecule has 4 rings (SSSR count). The second-order valence-corrected chi connectivity index (χ2v) is 6.10. The van der Waals surface area contributed by atoms with E-state index in [-0.39, 0.29) is 11.8 Å². The monoisotopic (exact) mass is 371 g/mol. The SMILES string of the molecule is O=C(NCc1ccccc1)c1ccc(-n2ncc(-c3ccncc3)c2O)nc1. The van der Waals surface area contributed by atoms with Gasteiger partial charge in [0.1, 0.15) is 0 Å². The lowest BCUT2D eigenvalue weighted by Gasteiger charge is -2.07. The molecule has 138 valence electrons. The van der Waals surface area contributed by atoms with Crippen molar-refractivity contribution in [3.8, 4) is 22.8 Å². The van der Waals surface area contributed by atoms with Crippen LogP contribution in [0.25, 0.3) is 16.9 Å². The van der Waals surface area contributed by atoms with Crippen molar-refractivity contribution < 1.29 is 9.90 Å². The molecular weight excluding hydrogens is 354 g/mol. The Bertz CT molecular complexity index is 1080. The Hall–Kier alpha value is -4.00. The summed E-state index contributed by atoms with van der Waals surface area (Å²) in [5, 5.41) is 17.5. The summed E-state index contributed by atoms with van der Waals surface area (Å²) in [5.74, 6) is 0.169. The van der Waals surface area contributed by atoms with E-state index in [1.165, 1.54) is 10.9 Å². The van der Waals surface area contributed by atoms with Gasteiger partial charge in [-0.25, -0.2) is 4.98 Å². The molecule has 0 fully saturated rings. The van der Waals surface area contributed by atoms with Crippen molar-refractivity contribution in [2.24, 2.45) is 0 Å². The molecule has 0 atom stereocenters. The molecule has 28 heavy (non-hydrogen) atoms. The number of hydrogen-bond donors (Lipinski definition) is 2. The molecule has 0 aliphatic rings. The largest absolute Gasteiger partial charge is 0.493 e. The van der Waals surface area contributed by atoms with Crippen molar-refractivity contribution in [3.63, 3.8) is 0 Å². The molecule has 0 radical (unpaired) electrons. The molecule has 7 heteroatoms. The molecule has 3 heterocycles. The summed E-state index contributed by atoms with van der Waals surface area (Å²) in [6, 6.07) is 16.5. The molecule has 3 aromatic heterocycles. The first-order chi connectivity index (χ1) is 13.7. The standard InChI is InChI=1S/C21H17N5O2/c27-20(24-12-15-4-2-1-3-5-15)17-6-7-19(23-13-17)26-21(28)18(14-25-26)16-8-10-22-11-9-16/h1-11,13-14,28H,12H2,(H,24,27). The first-order valence-corrected chi connectivity index (χ1v) is 8.68. The second kappa shape index (κ2) is 7.71. The van der Waals surface area contributed by atoms with Crippen molar-refractivity contribution >= 4 is 5.91 Å². The number of aromatic nitrogens is 4. The fourth-order valence-electron chi connectivity index (χ4n) is 2.77. The van der Waals surface area contributed by atoms with E-state index in [0.717, 1.165) is 11.1 Å². The van der Waals surface area contributed by atoms with Crippen molar-refractivity contribution in [1.29, 1.82) is 0 Å². The number of aromatic hydroxyl groups is 1. The first-order valence-electron chi connectivity index (χ1n) is 8.68. The van der Waals surface area contributed by atoms with Crippen LogP contribution in [0.5, 0.6) is 5.88 Å². The van der Waals surface area contributed by atoms with Crippen molar-refractivity contribution in [2.45, 2.75) is 6.54 Å². The van der Waals surface area contributed by atoms with Gasteiger partial charge in [0, 0.05) is 25.1 Å². The van der Waals surface area contributed by atoms with Crippen LogP contribution in [0.3, 0.4) is 0 Å². The molecule has 0 spiro atoms. The lowest BCUT2D eigenvalue weighted by atomic mass is 10.1. The summed E-state index contributed by atoms with van der Waals surface area (Å²) in [6.07, 6.45) is 6.32. The number of rotatable bonds is 5. The number of carbonyl (C=O) groups is 1. The highest BCUT2D eigenvalue weighted by molar-refractivity contribution is 5.93. The van der Waals surface area contributed by atoms with E-state index in [1.54, 1.807) is 42.9 Å². The number of pyridine rings is 2. The van der Waals surface area contributed by atoms with Gasteiger partial charge in [0.2, 0.25) is 5.88 Å². The molecule has 0 saturated carbocycles. The summed E-state index contributed by atoms with van der Waals surface area (Å²) >= 11 is 0. The number of carbonyl (C=O) groups excluding carboxylic acids is 1. The summed E-state index contributed by atoms with van der Waals surface area (Å²) in [6.45, 7) is 0.441. The Morgan fingerprint density at radius 2 is 1.79 bits per heavy atom. The molecule has 1 amide bonds. The third-order valence-corrected chi connectivity index (χ3v) is 4.26. The van der Waals surface area contributed by atoms with E-state index in [0.29, 0.717) is 23.5 Å². The summed E-state index contributed by atoms with van der Waals surface area (Å²) < 4.78 is 1.32. The highest BCUT2D eigenvalue weighted by atomic mass is 16.3. The van der Waals surface area contributed by atoms with Crippen LogP contribution < -0.4 is 5.32 Å². The van der Waals surface area contributed by atoms with Crippen LogP contribution >= 0.6 is 0 Å². The van der Waals surface area contributed by atoms with Crippen molar-refractivity contribution in [3.05, 3.63) is 90.5 Å². The zero-order valence-electron chi connectivity index (χ0n) is 14.9. The van der Waals surface area contributed by atoms with Gasteiger partial charge in [-0.15, -0.1) is 0 Å². The van der Waals surface area contributed by atoms with Crippen LogP contribution in [0.1, 0.15) is 15.9 Å². The van der Waals surface area contributed by atoms with Crippen molar-refractivity contribution in [2.75, 3.05) is 0 Å². The van der Waals surface area contributed by atoms with E-state index in [9.17, 15) is 9.90 Å². The smallest absolute Gasteiger partial charge is 0.253 e. The molecule has 1 aromatic carbocycles. The van der Waals surface area contributed by atoms with Gasteiger partial charge in [-0.05, 0) is 35.4 Å². The maximum absolute atomic E-state index is 12.3. The van der Waals surface area contributed by atoms with Crippen LogP contribution in [-0.4, -0.2) is 30.8 Å². The number of nitrogens with zero attached hydrogens (tertiary/aromatic N) is 4. The minimum absolute atomic E-state index is 0.0278. The predicted octanol–water partition coefficient (Wildman–Crippen LogP) is 2.96. The van der Waals surface area contributed by atoms with Crippen molar-refractivity contribution in [1.82, 2.24) is 25.1 Å². The van der Waals surface area contributed by atoms with Crippen LogP contribution in [0.4, 0.5) is 0 Å². The topological polar surface area (TPSA) is 92.9 Å². The van der Waals surface area contributed by atoms with Gasteiger partial charge in [-0.3, -0.25) is 9.78 Å². The third kappa shape index (κ3) is 3.59. The zero-order valence-corrected chi connectivity index (χ0v) is 14.9. The Kier molecular flexibility index (Phi) is 4.79. The fourth-order valence-corrected chi connectivity index (χ4v) is 2.77. The lowest BCUT2D eigenvalue weighted by molar-refractivity contribution is 0.0950. The summed E-state index contributed by atoms with van der Waals surface area (Å²) in [5.41, 5.74) is 2.83. The lowest BCUT2D eigenvalue weighted by Crippen LogP contribution is -2.23. The number of amides is 1. The van der Waals surface area contributed by atoms with Gasteiger partial charge in [0.15, 0.2) is 5.82 Å². The summed E-state index contributed by atoms with van der Waals surface area (Å²) in [7, 11) is 0. The van der Waals surface area contributed by atoms with Gasteiger partial charge in [-0.2, -0.15) is 9.78 Å². The molecule has 0 bridgehead atoms. The Morgan fingerprint density at radius 1 is 1.00 bits per heavy atom. The van der Waals surface area contributed by atoms with E-state index < -0.39 is 0 Å². The second-order valence-electron chi connectivity index (χ2n) is 6.10. The Balaban J connectivity index is 1.49. The zero-order chi connectivity index (χ0) is 19.3. The van der Waals surface area contributed by atoms with Gasteiger partial charge in [0.25, 0.3) is 5.91 Å². The molecule has 4 aromatic rings. The minimum Gasteiger partial charge on any atom is -0.493 e. The highest BCUT2D eigenvalue weighted by Gasteiger charge is 2.14. The maximum atomic E-state index is 12.3. The predicted molar refractivity (Wildman–Crippen MR) is 104 cm³/mol. The van der Waals surface area contributed by atoms with Gasteiger partial charge >= 0.3 is 0 Å². The van der Waals surface area contributed by atoms with Crippen LogP contribution in [0, 0.1) is 0 Å². The number of benzene rings is 1. The van der Waals surface area contributed by atoms with E-state index >= 15 is 0 Å². The first kappa shape index (κ1) is 17.4. The number of hydrogen-bond acceptors (Lipinski definition) is 5. The molecule has 0 unspecified atom stereocenters. The molecule has 0 aliphatic carbocycles. The van der Waals surface area contributed by atoms with Gasteiger partial charge in [-0.1, -0.05) is 30.3 Å². The van der Waals surface area contributed by atoms with E-state index in [2.05, 4.69) is 20.4 Å². The van der Waals surface area contributed by atoms with Crippen LogP contribution in [0.2, 0.25) is 0 Å². The molecule has 7 nitrogen and oxygen atoms in total. The Morgan fingerprint density at radius 3 is 2.50 bits per heavy atom. The fraction of sp³-hybridized carbons (Fsp3) is 0.0476. The normalized spacial score (nSPS) is 10.6. The van der Waals surface area contributed by atoms with Gasteiger partial charge < -0.3 is 10.4 Å².